The summed E-state index contributed by atoms with van der Waals surface area (Å²) in [6.07, 6.45) is 0. The maximum atomic E-state index is 12.2. The molecule has 1 aromatic rings. The predicted octanol–water partition coefficient (Wildman–Crippen LogP) is 3.03. The Morgan fingerprint density at radius 2 is 1.73 bits per heavy atom. The molecule has 0 radical (unpaired) electrons. The molecule has 56 valence electrons. The van der Waals surface area contributed by atoms with Gasteiger partial charge in [-0.3, -0.25) is 0 Å². The average molecular weight is 319 g/mol. The van der Waals surface area contributed by atoms with E-state index in [2.05, 4.69) is 26.7 Å². The topological polar surface area (TPSA) is 0 Å². The standard InChI is InChI=1S/C7H5F2.HI.Zn/c1-5-2-3-6(8)7(9)4-5;;/h2-4H,1H2;1H;/q-1;;+2/p-1. The van der Waals surface area contributed by atoms with Crippen molar-refractivity contribution in [3.63, 3.8) is 0 Å². The molecule has 0 aliphatic heterocycles. The van der Waals surface area contributed by atoms with Crippen LogP contribution in [0.3, 0.4) is 0 Å². The van der Waals surface area contributed by atoms with Crippen LogP contribution in [0, 0.1) is 18.6 Å². The van der Waals surface area contributed by atoms with E-state index >= 15 is 0 Å². The molecule has 0 fully saturated rings. The van der Waals surface area contributed by atoms with Crippen LogP contribution in [0.2, 0.25) is 0 Å². The molecule has 0 atom stereocenters. The molecule has 0 heterocycles. The monoisotopic (exact) mass is 318 g/mol. The number of hydrogen-bond donors (Lipinski definition) is 0. The molecule has 4 heteroatoms. The molecular formula is C7H5F2IZn. The van der Waals surface area contributed by atoms with Crippen LogP contribution < -0.4 is 0 Å². The second-order valence-corrected chi connectivity index (χ2v) is 1.75. The van der Waals surface area contributed by atoms with E-state index in [1.807, 2.05) is 0 Å². The minimum absolute atomic E-state index is 0.480. The van der Waals surface area contributed by atoms with Gasteiger partial charge in [-0.1, -0.05) is 6.07 Å². The van der Waals surface area contributed by atoms with E-state index in [1.54, 1.807) is 0 Å². The number of benzene rings is 1. The van der Waals surface area contributed by atoms with Gasteiger partial charge in [0, 0.05) is 0 Å². The summed E-state index contributed by atoms with van der Waals surface area (Å²) >= 11 is 3.62. The van der Waals surface area contributed by atoms with Crippen LogP contribution in [0.25, 0.3) is 0 Å². The molecule has 0 saturated heterocycles. The van der Waals surface area contributed by atoms with Crippen LogP contribution in [0.4, 0.5) is 8.78 Å². The molecule has 0 bridgehead atoms. The summed E-state index contributed by atoms with van der Waals surface area (Å²) in [6.45, 7) is 3.42. The fourth-order valence-corrected chi connectivity index (χ4v) is 0.540. The second-order valence-electron chi connectivity index (χ2n) is 1.75. The van der Waals surface area contributed by atoms with Gasteiger partial charge in [0.15, 0.2) is 0 Å². The third-order valence-corrected chi connectivity index (χ3v) is 0.984. The third-order valence-electron chi connectivity index (χ3n) is 0.984. The number of rotatable bonds is 0. The molecule has 0 N–H and O–H groups in total. The van der Waals surface area contributed by atoms with Crippen molar-refractivity contribution in [1.82, 2.24) is 0 Å². The van der Waals surface area contributed by atoms with Crippen molar-refractivity contribution in [3.05, 3.63) is 42.3 Å². The van der Waals surface area contributed by atoms with Crippen LogP contribution in [0.5, 0.6) is 0 Å². The Kier molecular flexibility index (Phi) is 6.05. The summed E-state index contributed by atoms with van der Waals surface area (Å²) in [5.41, 5.74) is 0.480. The first-order chi connectivity index (χ1) is 5.20. The Balaban J connectivity index is 0.000000461. The quantitative estimate of drug-likeness (QED) is 0.392. The van der Waals surface area contributed by atoms with Crippen molar-refractivity contribution < 1.29 is 23.6 Å². The van der Waals surface area contributed by atoms with Crippen molar-refractivity contribution in [2.24, 2.45) is 0 Å². The first-order valence-corrected chi connectivity index (χ1v) is 11.8. The molecule has 0 unspecified atom stereocenters. The zero-order chi connectivity index (χ0) is 8.85. The van der Waals surface area contributed by atoms with E-state index in [4.69, 9.17) is 0 Å². The Morgan fingerprint density at radius 1 is 1.18 bits per heavy atom. The molecule has 0 aliphatic carbocycles. The van der Waals surface area contributed by atoms with E-state index in [-0.39, 0.29) is 0 Å². The average Bonchev–Trinajstić information content (AvgIpc) is 2.02. The van der Waals surface area contributed by atoms with Crippen LogP contribution in [-0.2, 0) is 14.8 Å². The van der Waals surface area contributed by atoms with Gasteiger partial charge in [0.25, 0.3) is 0 Å². The molecular weight excluding hydrogens is 314 g/mol. The fourth-order valence-electron chi connectivity index (χ4n) is 0.540. The molecule has 0 aliphatic rings. The Bertz CT molecular complexity index is 228. The maximum absolute atomic E-state index is 12.2. The van der Waals surface area contributed by atoms with Crippen molar-refractivity contribution in [2.45, 2.75) is 0 Å². The Morgan fingerprint density at radius 3 is 2.09 bits per heavy atom. The predicted molar refractivity (Wildman–Crippen MR) is 44.8 cm³/mol. The molecule has 0 aromatic heterocycles. The van der Waals surface area contributed by atoms with Gasteiger partial charge >= 0.3 is 34.5 Å². The van der Waals surface area contributed by atoms with Gasteiger partial charge in [-0.15, -0.1) is 6.07 Å². The van der Waals surface area contributed by atoms with E-state index in [0.29, 0.717) is 5.56 Å². The SMILES string of the molecule is [CH2-]c1ccc(F)c(F)c1.[Zn+][I]. The summed E-state index contributed by atoms with van der Waals surface area (Å²) < 4.78 is 24.3. The summed E-state index contributed by atoms with van der Waals surface area (Å²) in [5, 5.41) is 0. The third kappa shape index (κ3) is 4.01. The summed E-state index contributed by atoms with van der Waals surface area (Å²) in [7, 11) is 0. The fraction of sp³-hybridized carbons (Fsp3) is 0. The van der Waals surface area contributed by atoms with Crippen molar-refractivity contribution in [2.75, 3.05) is 0 Å². The van der Waals surface area contributed by atoms with Crippen LogP contribution in [0.15, 0.2) is 18.2 Å². The van der Waals surface area contributed by atoms with Gasteiger partial charge in [-0.2, -0.15) is 18.6 Å². The van der Waals surface area contributed by atoms with Crippen molar-refractivity contribution in [1.29, 1.82) is 0 Å². The van der Waals surface area contributed by atoms with Gasteiger partial charge in [0.1, 0.15) is 11.6 Å². The van der Waals surface area contributed by atoms with Crippen LogP contribution in [-0.4, -0.2) is 0 Å². The van der Waals surface area contributed by atoms with E-state index in [1.165, 1.54) is 20.9 Å². The van der Waals surface area contributed by atoms with Crippen molar-refractivity contribution >= 4 is 19.8 Å². The molecule has 0 nitrogen and oxygen atoms in total. The summed E-state index contributed by atoms with van der Waals surface area (Å²) in [4.78, 5) is 0. The molecule has 0 spiro atoms. The number of halogens is 3. The zero-order valence-corrected chi connectivity index (χ0v) is 10.9. The normalized spacial score (nSPS) is 8.45. The van der Waals surface area contributed by atoms with Gasteiger partial charge in [-0.05, 0) is 0 Å². The van der Waals surface area contributed by atoms with Gasteiger partial charge < -0.3 is 0 Å². The van der Waals surface area contributed by atoms with Crippen molar-refractivity contribution in [3.8, 4) is 0 Å². The Hall–Kier alpha value is 0.303. The van der Waals surface area contributed by atoms with E-state index in [0.717, 1.165) is 12.1 Å². The van der Waals surface area contributed by atoms with Crippen LogP contribution in [0.1, 0.15) is 5.56 Å². The summed E-state index contributed by atoms with van der Waals surface area (Å²) in [5.74, 6) is -1.68. The van der Waals surface area contributed by atoms with Gasteiger partial charge in [-0.25, -0.2) is 8.78 Å². The van der Waals surface area contributed by atoms with E-state index < -0.39 is 11.6 Å². The molecule has 1 rings (SSSR count). The van der Waals surface area contributed by atoms with Gasteiger partial charge in [0.2, 0.25) is 0 Å². The zero-order valence-electron chi connectivity index (χ0n) is 5.78. The molecule has 0 saturated carbocycles. The van der Waals surface area contributed by atoms with E-state index in [9.17, 15) is 8.78 Å². The second kappa shape index (κ2) is 5.89. The molecule has 1 aromatic carbocycles. The molecule has 11 heavy (non-hydrogen) atoms. The Labute approximate surface area is 85.2 Å². The van der Waals surface area contributed by atoms with Gasteiger partial charge in [0.05, 0.1) is 0 Å². The molecule has 0 amide bonds. The first-order valence-electron chi connectivity index (χ1n) is 2.74. The summed E-state index contributed by atoms with van der Waals surface area (Å²) in [6, 6.07) is 3.52. The minimum atomic E-state index is -0.845. The van der Waals surface area contributed by atoms with Crippen LogP contribution >= 0.6 is 19.8 Å². The number of hydrogen-bond acceptors (Lipinski definition) is 0. The first kappa shape index (κ1) is 11.3.